The Bertz CT molecular complexity index is 948. The highest BCUT2D eigenvalue weighted by atomic mass is 19.1. The van der Waals surface area contributed by atoms with E-state index in [1.807, 2.05) is 24.3 Å². The lowest BCUT2D eigenvalue weighted by molar-refractivity contribution is 0.114. The first-order chi connectivity index (χ1) is 16.5. The normalized spacial score (nSPS) is 17.0. The standard InChI is InChI=1S/C27H35FN4O2/c1-22(2)27(21-29,24-6-4-23(5-7-24)20-30-33)12-3-13-31-14-16-32(17-15-31)18-19-34-26-10-8-25(28)9-11-26/h4-11,20,22,33H,3,12-19H2,1-2H3/b30-20+. The minimum atomic E-state index is -0.533. The van der Waals surface area contributed by atoms with Crippen LogP contribution in [0, 0.1) is 23.1 Å². The van der Waals surface area contributed by atoms with Gasteiger partial charge in [0.2, 0.25) is 0 Å². The van der Waals surface area contributed by atoms with Crippen molar-refractivity contribution in [2.24, 2.45) is 11.1 Å². The van der Waals surface area contributed by atoms with Crippen molar-refractivity contribution in [2.45, 2.75) is 32.1 Å². The fourth-order valence-corrected chi connectivity index (χ4v) is 4.59. The van der Waals surface area contributed by atoms with E-state index in [1.165, 1.54) is 18.3 Å². The van der Waals surface area contributed by atoms with Gasteiger partial charge in [0.25, 0.3) is 0 Å². The zero-order valence-corrected chi connectivity index (χ0v) is 20.2. The fourth-order valence-electron chi connectivity index (χ4n) is 4.59. The maximum Gasteiger partial charge on any atom is 0.123 e. The van der Waals surface area contributed by atoms with E-state index in [0.29, 0.717) is 12.4 Å². The van der Waals surface area contributed by atoms with Gasteiger partial charge in [0.15, 0.2) is 0 Å². The van der Waals surface area contributed by atoms with Crippen molar-refractivity contribution in [3.05, 3.63) is 65.5 Å². The molecule has 1 fully saturated rings. The summed E-state index contributed by atoms with van der Waals surface area (Å²) in [6.45, 7) is 10.6. The number of benzene rings is 2. The molecule has 0 amide bonds. The molecule has 1 unspecified atom stereocenters. The highest BCUT2D eigenvalue weighted by molar-refractivity contribution is 5.79. The van der Waals surface area contributed by atoms with E-state index in [0.717, 1.165) is 63.2 Å². The second-order valence-electron chi connectivity index (χ2n) is 9.19. The van der Waals surface area contributed by atoms with Crippen molar-refractivity contribution in [1.82, 2.24) is 9.80 Å². The Labute approximate surface area is 202 Å². The maximum atomic E-state index is 13.0. The van der Waals surface area contributed by atoms with Crippen LogP contribution >= 0.6 is 0 Å². The lowest BCUT2D eigenvalue weighted by atomic mass is 9.69. The van der Waals surface area contributed by atoms with Crippen LogP contribution in [-0.2, 0) is 5.41 Å². The van der Waals surface area contributed by atoms with Crippen LogP contribution < -0.4 is 4.74 Å². The lowest BCUT2D eigenvalue weighted by Crippen LogP contribution is -2.47. The van der Waals surface area contributed by atoms with Gasteiger partial charge in [-0.25, -0.2) is 4.39 Å². The van der Waals surface area contributed by atoms with Crippen LogP contribution in [0.4, 0.5) is 4.39 Å². The first-order valence-electron chi connectivity index (χ1n) is 12.0. The molecule has 1 N–H and O–H groups in total. The molecule has 7 heteroatoms. The number of hydrogen-bond donors (Lipinski definition) is 1. The van der Waals surface area contributed by atoms with E-state index < -0.39 is 5.41 Å². The molecule has 0 radical (unpaired) electrons. The quantitative estimate of drug-likeness (QED) is 0.299. The predicted molar refractivity (Wildman–Crippen MR) is 132 cm³/mol. The molecule has 1 heterocycles. The van der Waals surface area contributed by atoms with Crippen LogP contribution in [0.5, 0.6) is 5.75 Å². The first-order valence-corrected chi connectivity index (χ1v) is 12.0. The Morgan fingerprint density at radius 2 is 1.68 bits per heavy atom. The predicted octanol–water partition coefficient (Wildman–Crippen LogP) is 4.53. The maximum absolute atomic E-state index is 13.0. The summed E-state index contributed by atoms with van der Waals surface area (Å²) in [5, 5.41) is 22.0. The van der Waals surface area contributed by atoms with Crippen molar-refractivity contribution in [1.29, 1.82) is 5.26 Å². The minimum absolute atomic E-state index is 0.188. The summed E-state index contributed by atoms with van der Waals surface area (Å²) in [7, 11) is 0. The molecule has 2 aromatic carbocycles. The SMILES string of the molecule is CC(C)C(C#N)(CCCN1CCN(CCOc2ccc(F)cc2)CC1)c1ccc(/C=N/O)cc1. The van der Waals surface area contributed by atoms with E-state index in [1.54, 1.807) is 12.1 Å². The Kier molecular flexibility index (Phi) is 9.43. The van der Waals surface area contributed by atoms with Gasteiger partial charge in [0.1, 0.15) is 18.2 Å². The van der Waals surface area contributed by atoms with Crippen molar-refractivity contribution < 1.29 is 14.3 Å². The number of ether oxygens (including phenoxy) is 1. The zero-order valence-electron chi connectivity index (χ0n) is 20.2. The number of halogens is 1. The molecule has 182 valence electrons. The molecule has 3 rings (SSSR count). The highest BCUT2D eigenvalue weighted by Gasteiger charge is 2.35. The van der Waals surface area contributed by atoms with Gasteiger partial charge in [0.05, 0.1) is 17.7 Å². The van der Waals surface area contributed by atoms with Crippen molar-refractivity contribution in [2.75, 3.05) is 45.9 Å². The van der Waals surface area contributed by atoms with Gasteiger partial charge in [-0.1, -0.05) is 43.3 Å². The Balaban J connectivity index is 1.43. The van der Waals surface area contributed by atoms with Gasteiger partial charge in [-0.2, -0.15) is 5.26 Å². The monoisotopic (exact) mass is 466 g/mol. The van der Waals surface area contributed by atoms with E-state index in [2.05, 4.69) is 34.9 Å². The number of hydrogen-bond acceptors (Lipinski definition) is 6. The third kappa shape index (κ3) is 6.78. The summed E-state index contributed by atoms with van der Waals surface area (Å²) in [6, 6.07) is 16.5. The lowest BCUT2D eigenvalue weighted by Gasteiger charge is -2.36. The molecule has 6 nitrogen and oxygen atoms in total. The van der Waals surface area contributed by atoms with Crippen molar-refractivity contribution in [3.63, 3.8) is 0 Å². The second-order valence-corrected chi connectivity index (χ2v) is 9.19. The topological polar surface area (TPSA) is 72.1 Å². The van der Waals surface area contributed by atoms with Gasteiger partial charge in [-0.3, -0.25) is 4.90 Å². The number of piperazine rings is 1. The van der Waals surface area contributed by atoms with Crippen LogP contribution in [-0.4, -0.2) is 67.1 Å². The van der Waals surface area contributed by atoms with Crippen molar-refractivity contribution in [3.8, 4) is 11.8 Å². The van der Waals surface area contributed by atoms with Gasteiger partial charge in [0, 0.05) is 32.7 Å². The van der Waals surface area contributed by atoms with Crippen molar-refractivity contribution >= 4 is 6.21 Å². The molecule has 2 aromatic rings. The molecule has 0 saturated carbocycles. The molecule has 1 aliphatic rings. The van der Waals surface area contributed by atoms with Crippen LogP contribution in [0.25, 0.3) is 0 Å². The zero-order chi connectivity index (χ0) is 24.4. The Morgan fingerprint density at radius 1 is 1.06 bits per heavy atom. The summed E-state index contributed by atoms with van der Waals surface area (Å²) in [4.78, 5) is 4.87. The van der Waals surface area contributed by atoms with Gasteiger partial charge < -0.3 is 14.8 Å². The van der Waals surface area contributed by atoms with E-state index in [4.69, 9.17) is 9.94 Å². The molecule has 1 atom stereocenters. The molecular formula is C27H35FN4O2. The summed E-state index contributed by atoms with van der Waals surface area (Å²) < 4.78 is 18.7. The highest BCUT2D eigenvalue weighted by Crippen LogP contribution is 2.36. The molecule has 0 aliphatic carbocycles. The van der Waals surface area contributed by atoms with Gasteiger partial charge in [-0.15, -0.1) is 0 Å². The van der Waals surface area contributed by atoms with E-state index >= 15 is 0 Å². The number of nitrogens with zero attached hydrogens (tertiary/aromatic N) is 4. The Morgan fingerprint density at radius 3 is 2.24 bits per heavy atom. The third-order valence-corrected chi connectivity index (χ3v) is 6.82. The number of oxime groups is 1. The summed E-state index contributed by atoms with van der Waals surface area (Å²) in [5.41, 5.74) is 1.29. The molecule has 0 bridgehead atoms. The molecule has 0 spiro atoms. The third-order valence-electron chi connectivity index (χ3n) is 6.82. The number of rotatable bonds is 11. The summed E-state index contributed by atoms with van der Waals surface area (Å²) >= 11 is 0. The molecule has 1 aliphatic heterocycles. The average molecular weight is 467 g/mol. The molecular weight excluding hydrogens is 431 g/mol. The van der Waals surface area contributed by atoms with Crippen LogP contribution in [0.3, 0.4) is 0 Å². The van der Waals surface area contributed by atoms with Gasteiger partial charge >= 0.3 is 0 Å². The largest absolute Gasteiger partial charge is 0.492 e. The van der Waals surface area contributed by atoms with Gasteiger partial charge in [-0.05, 0) is 60.7 Å². The fraction of sp³-hybridized carbons (Fsp3) is 0.481. The van der Waals surface area contributed by atoms with Crippen LogP contribution in [0.1, 0.15) is 37.8 Å². The summed E-state index contributed by atoms with van der Waals surface area (Å²) in [5.74, 6) is 0.630. The number of nitriles is 1. The molecule has 0 aromatic heterocycles. The van der Waals surface area contributed by atoms with Crippen LogP contribution in [0.15, 0.2) is 53.7 Å². The summed E-state index contributed by atoms with van der Waals surface area (Å²) in [6.07, 6.45) is 3.15. The first kappa shape index (κ1) is 25.7. The second kappa shape index (κ2) is 12.5. The van der Waals surface area contributed by atoms with E-state index in [9.17, 15) is 9.65 Å². The molecule has 1 saturated heterocycles. The minimum Gasteiger partial charge on any atom is -0.492 e. The smallest absolute Gasteiger partial charge is 0.123 e. The average Bonchev–Trinajstić information content (AvgIpc) is 2.85. The van der Waals surface area contributed by atoms with Crippen LogP contribution in [0.2, 0.25) is 0 Å². The van der Waals surface area contributed by atoms with E-state index in [-0.39, 0.29) is 11.7 Å². The molecule has 34 heavy (non-hydrogen) atoms. The Hall–Kier alpha value is -2.95.